The predicted molar refractivity (Wildman–Crippen MR) is 75.6 cm³/mol. The lowest BCUT2D eigenvalue weighted by Crippen LogP contribution is -2.17. The Kier molecular flexibility index (Phi) is 3.40. The molecule has 0 saturated carbocycles. The van der Waals surface area contributed by atoms with Gasteiger partial charge >= 0.3 is 0 Å². The summed E-state index contributed by atoms with van der Waals surface area (Å²) in [4.78, 5) is 8.90. The summed E-state index contributed by atoms with van der Waals surface area (Å²) in [7, 11) is 0. The van der Waals surface area contributed by atoms with Crippen LogP contribution in [-0.2, 0) is 5.41 Å². The van der Waals surface area contributed by atoms with E-state index in [2.05, 4.69) is 36.2 Å². The molecular formula is C14H18N4O. The highest BCUT2D eigenvalue weighted by Gasteiger charge is 2.18. The summed E-state index contributed by atoms with van der Waals surface area (Å²) in [5, 5.41) is 9.32. The second-order valence-electron chi connectivity index (χ2n) is 5.40. The Hall–Kier alpha value is -2.14. The molecule has 4 N–H and O–H groups in total. The number of phenolic OH excluding ortho intramolecular Hbond substituents is 1. The number of hydrogen-bond donors (Lipinski definition) is 3. The summed E-state index contributed by atoms with van der Waals surface area (Å²) < 4.78 is 0. The third-order valence-electron chi connectivity index (χ3n) is 2.77. The smallest absolute Gasteiger partial charge is 0.161 e. The summed E-state index contributed by atoms with van der Waals surface area (Å²) in [6, 6.07) is 8.61. The van der Waals surface area contributed by atoms with Gasteiger partial charge in [0.1, 0.15) is 11.6 Å². The van der Waals surface area contributed by atoms with E-state index < -0.39 is 0 Å². The maximum absolute atomic E-state index is 9.32. The van der Waals surface area contributed by atoms with E-state index >= 15 is 0 Å². The molecule has 0 fully saturated rings. The fourth-order valence-corrected chi connectivity index (χ4v) is 1.64. The van der Waals surface area contributed by atoms with Gasteiger partial charge in [0.05, 0.1) is 5.69 Å². The van der Waals surface area contributed by atoms with Gasteiger partial charge < -0.3 is 10.5 Å². The standard InChI is InChI=1S/C14H18N4O/c1-14(2,3)11-8-12(18-15)17-13(16-11)9-4-6-10(19)7-5-9/h4-8,19H,15H2,1-3H3,(H,16,17,18). The molecule has 5 heteroatoms. The zero-order chi connectivity index (χ0) is 14.0. The van der Waals surface area contributed by atoms with Gasteiger partial charge in [0, 0.05) is 17.0 Å². The molecule has 2 rings (SSSR count). The lowest BCUT2D eigenvalue weighted by Gasteiger charge is -2.19. The van der Waals surface area contributed by atoms with Crippen LogP contribution in [0.4, 0.5) is 5.82 Å². The molecule has 0 aliphatic rings. The van der Waals surface area contributed by atoms with Crippen molar-refractivity contribution in [2.75, 3.05) is 5.43 Å². The van der Waals surface area contributed by atoms with E-state index in [1.54, 1.807) is 24.3 Å². The summed E-state index contributed by atoms with van der Waals surface area (Å²) >= 11 is 0. The second-order valence-corrected chi connectivity index (χ2v) is 5.40. The molecule has 0 bridgehead atoms. The molecule has 100 valence electrons. The zero-order valence-electron chi connectivity index (χ0n) is 11.3. The van der Waals surface area contributed by atoms with Crippen molar-refractivity contribution >= 4 is 5.82 Å². The van der Waals surface area contributed by atoms with Crippen molar-refractivity contribution in [3.05, 3.63) is 36.0 Å². The maximum atomic E-state index is 9.32. The predicted octanol–water partition coefficient (Wildman–Crippen LogP) is 2.43. The van der Waals surface area contributed by atoms with Crippen LogP contribution in [0, 0.1) is 0 Å². The normalized spacial score (nSPS) is 11.4. The molecule has 1 aromatic carbocycles. The Morgan fingerprint density at radius 1 is 1.11 bits per heavy atom. The molecule has 2 aromatic rings. The highest BCUT2D eigenvalue weighted by atomic mass is 16.3. The first-order chi connectivity index (χ1) is 8.90. The van der Waals surface area contributed by atoms with Crippen molar-refractivity contribution in [3.63, 3.8) is 0 Å². The van der Waals surface area contributed by atoms with E-state index in [9.17, 15) is 5.11 Å². The van der Waals surface area contributed by atoms with Crippen molar-refractivity contribution in [3.8, 4) is 17.1 Å². The minimum atomic E-state index is -0.0970. The molecule has 19 heavy (non-hydrogen) atoms. The van der Waals surface area contributed by atoms with E-state index in [-0.39, 0.29) is 11.2 Å². The van der Waals surface area contributed by atoms with Crippen molar-refractivity contribution < 1.29 is 5.11 Å². The van der Waals surface area contributed by atoms with Gasteiger partial charge in [-0.05, 0) is 24.3 Å². The van der Waals surface area contributed by atoms with E-state index in [0.717, 1.165) is 11.3 Å². The van der Waals surface area contributed by atoms with Crippen LogP contribution in [0.15, 0.2) is 30.3 Å². The average Bonchev–Trinajstić information content (AvgIpc) is 2.38. The minimum absolute atomic E-state index is 0.0970. The number of anilines is 1. The topological polar surface area (TPSA) is 84.1 Å². The van der Waals surface area contributed by atoms with Crippen LogP contribution in [0.25, 0.3) is 11.4 Å². The molecule has 0 aliphatic heterocycles. The number of aromatic hydroxyl groups is 1. The number of nitrogen functional groups attached to an aromatic ring is 1. The lowest BCUT2D eigenvalue weighted by atomic mass is 9.92. The number of aromatic nitrogens is 2. The molecule has 1 heterocycles. The lowest BCUT2D eigenvalue weighted by molar-refractivity contribution is 0.475. The molecule has 0 amide bonds. The van der Waals surface area contributed by atoms with Crippen molar-refractivity contribution in [2.24, 2.45) is 5.84 Å². The van der Waals surface area contributed by atoms with Gasteiger partial charge in [-0.1, -0.05) is 20.8 Å². The number of hydrogen-bond acceptors (Lipinski definition) is 5. The molecule has 1 aromatic heterocycles. The number of rotatable bonds is 2. The number of benzene rings is 1. The van der Waals surface area contributed by atoms with Crippen LogP contribution < -0.4 is 11.3 Å². The van der Waals surface area contributed by atoms with Crippen LogP contribution in [-0.4, -0.2) is 15.1 Å². The first kappa shape index (κ1) is 13.3. The van der Waals surface area contributed by atoms with E-state index in [4.69, 9.17) is 5.84 Å². The SMILES string of the molecule is CC(C)(C)c1cc(NN)nc(-c2ccc(O)cc2)n1. The highest BCUT2D eigenvalue weighted by Crippen LogP contribution is 2.26. The van der Waals surface area contributed by atoms with Gasteiger partial charge in [0.15, 0.2) is 5.82 Å². The van der Waals surface area contributed by atoms with Gasteiger partial charge in [-0.3, -0.25) is 0 Å². The summed E-state index contributed by atoms with van der Waals surface area (Å²) in [6.07, 6.45) is 0. The van der Waals surface area contributed by atoms with E-state index in [0.29, 0.717) is 11.6 Å². The van der Waals surface area contributed by atoms with Crippen LogP contribution >= 0.6 is 0 Å². The Balaban J connectivity index is 2.54. The fraction of sp³-hybridized carbons (Fsp3) is 0.286. The minimum Gasteiger partial charge on any atom is -0.508 e. The van der Waals surface area contributed by atoms with Crippen LogP contribution in [0.5, 0.6) is 5.75 Å². The van der Waals surface area contributed by atoms with E-state index in [1.165, 1.54) is 0 Å². The van der Waals surface area contributed by atoms with Crippen molar-refractivity contribution in [2.45, 2.75) is 26.2 Å². The van der Waals surface area contributed by atoms with Crippen LogP contribution in [0.1, 0.15) is 26.5 Å². The molecule has 0 spiro atoms. The number of nitrogens with two attached hydrogens (primary N) is 1. The molecule has 5 nitrogen and oxygen atoms in total. The van der Waals surface area contributed by atoms with Crippen LogP contribution in [0.3, 0.4) is 0 Å². The first-order valence-electron chi connectivity index (χ1n) is 6.06. The third-order valence-corrected chi connectivity index (χ3v) is 2.77. The number of phenols is 1. The van der Waals surface area contributed by atoms with Crippen molar-refractivity contribution in [1.82, 2.24) is 9.97 Å². The molecule has 0 unspecified atom stereocenters. The monoisotopic (exact) mass is 258 g/mol. The van der Waals surface area contributed by atoms with Crippen LogP contribution in [0.2, 0.25) is 0 Å². The van der Waals surface area contributed by atoms with E-state index in [1.807, 2.05) is 6.07 Å². The number of hydrazine groups is 1. The summed E-state index contributed by atoms with van der Waals surface area (Å²) in [5.41, 5.74) is 4.20. The molecule has 0 atom stereocenters. The highest BCUT2D eigenvalue weighted by molar-refractivity contribution is 5.58. The van der Waals surface area contributed by atoms with Gasteiger partial charge in [0.2, 0.25) is 0 Å². The van der Waals surface area contributed by atoms with Gasteiger partial charge in [0.25, 0.3) is 0 Å². The van der Waals surface area contributed by atoms with Gasteiger partial charge in [-0.25, -0.2) is 15.8 Å². The van der Waals surface area contributed by atoms with Gasteiger partial charge in [-0.2, -0.15) is 0 Å². The Bertz CT molecular complexity index is 573. The zero-order valence-corrected chi connectivity index (χ0v) is 11.3. The average molecular weight is 258 g/mol. The Morgan fingerprint density at radius 2 is 1.74 bits per heavy atom. The maximum Gasteiger partial charge on any atom is 0.161 e. The molecule has 0 saturated heterocycles. The Labute approximate surface area is 112 Å². The second kappa shape index (κ2) is 4.85. The Morgan fingerprint density at radius 3 is 2.26 bits per heavy atom. The first-order valence-corrected chi connectivity index (χ1v) is 6.06. The van der Waals surface area contributed by atoms with Crippen molar-refractivity contribution in [1.29, 1.82) is 0 Å². The number of nitrogens with zero attached hydrogens (tertiary/aromatic N) is 2. The molecule has 0 aliphatic carbocycles. The number of nitrogens with one attached hydrogen (secondary N) is 1. The third kappa shape index (κ3) is 3.00. The molecule has 0 radical (unpaired) electrons. The fourth-order valence-electron chi connectivity index (χ4n) is 1.64. The molecular weight excluding hydrogens is 240 g/mol. The summed E-state index contributed by atoms with van der Waals surface area (Å²) in [5.74, 6) is 6.82. The summed E-state index contributed by atoms with van der Waals surface area (Å²) in [6.45, 7) is 6.24. The van der Waals surface area contributed by atoms with Gasteiger partial charge in [-0.15, -0.1) is 0 Å². The quantitative estimate of drug-likeness (QED) is 0.569. The largest absolute Gasteiger partial charge is 0.508 e.